The van der Waals surface area contributed by atoms with Crippen LogP contribution < -0.4 is 5.32 Å². The molecule has 25 heavy (non-hydrogen) atoms. The highest BCUT2D eigenvalue weighted by Gasteiger charge is 2.30. The summed E-state index contributed by atoms with van der Waals surface area (Å²) in [4.78, 5) is 24.9. The van der Waals surface area contributed by atoms with Crippen molar-refractivity contribution in [3.05, 3.63) is 11.7 Å². The molecule has 2 aliphatic rings. The van der Waals surface area contributed by atoms with Gasteiger partial charge in [-0.05, 0) is 12.8 Å². The summed E-state index contributed by atoms with van der Waals surface area (Å²) in [5.74, 6) is 2.04. The maximum absolute atomic E-state index is 12.4. The van der Waals surface area contributed by atoms with Gasteiger partial charge in [0, 0.05) is 46.8 Å². The van der Waals surface area contributed by atoms with Crippen molar-refractivity contribution in [2.75, 3.05) is 39.8 Å². The van der Waals surface area contributed by atoms with Gasteiger partial charge in [0.05, 0.1) is 6.54 Å². The molecule has 1 N–H and O–H groups in total. The second kappa shape index (κ2) is 9.32. The van der Waals surface area contributed by atoms with Gasteiger partial charge in [-0.3, -0.25) is 9.79 Å². The van der Waals surface area contributed by atoms with E-state index in [1.54, 1.807) is 14.0 Å². The summed E-state index contributed by atoms with van der Waals surface area (Å²) < 4.78 is 10.4. The van der Waals surface area contributed by atoms with Crippen LogP contribution in [0.25, 0.3) is 0 Å². The number of piperazine rings is 1. The molecule has 3 rings (SSSR count). The number of aryl methyl sites for hydroxylation is 1. The Bertz CT molecular complexity index is 594. The first-order valence-corrected chi connectivity index (χ1v) is 8.32. The van der Waals surface area contributed by atoms with Crippen LogP contribution in [0, 0.1) is 6.92 Å². The molecule has 0 aromatic carbocycles. The number of aromatic nitrogens is 2. The van der Waals surface area contributed by atoms with E-state index in [-0.39, 0.29) is 36.0 Å². The Hall–Kier alpha value is -1.43. The maximum Gasteiger partial charge on any atom is 0.251 e. The second-order valence-corrected chi connectivity index (χ2v) is 5.94. The molecular formula is C15H25IN6O3. The van der Waals surface area contributed by atoms with Crippen molar-refractivity contribution >= 4 is 35.8 Å². The number of rotatable bonds is 3. The SMILES string of the molecule is CN=C(NCc1noc(C)n1)N1CCN(C(=O)C2CCCO2)CC1.I. The lowest BCUT2D eigenvalue weighted by Crippen LogP contribution is -2.55. The number of aliphatic imine (C=N–C) groups is 1. The van der Waals surface area contributed by atoms with E-state index in [0.717, 1.165) is 31.9 Å². The number of halogens is 1. The van der Waals surface area contributed by atoms with Crippen LogP contribution in [0.4, 0.5) is 0 Å². The Balaban J connectivity index is 0.00000225. The molecule has 1 unspecified atom stereocenters. The molecule has 0 bridgehead atoms. The second-order valence-electron chi connectivity index (χ2n) is 5.94. The predicted octanol–water partition coefficient (Wildman–Crippen LogP) is 0.395. The minimum absolute atomic E-state index is 0. The van der Waals surface area contributed by atoms with Crippen LogP contribution in [0.2, 0.25) is 0 Å². The van der Waals surface area contributed by atoms with Gasteiger partial charge >= 0.3 is 0 Å². The summed E-state index contributed by atoms with van der Waals surface area (Å²) in [6.07, 6.45) is 1.57. The molecule has 1 aromatic rings. The zero-order valence-corrected chi connectivity index (χ0v) is 16.9. The van der Waals surface area contributed by atoms with Crippen molar-refractivity contribution in [1.82, 2.24) is 25.3 Å². The van der Waals surface area contributed by atoms with E-state index in [4.69, 9.17) is 9.26 Å². The lowest BCUT2D eigenvalue weighted by molar-refractivity contribution is -0.142. The largest absolute Gasteiger partial charge is 0.368 e. The summed E-state index contributed by atoms with van der Waals surface area (Å²) in [6.45, 7) is 5.76. The fraction of sp³-hybridized carbons (Fsp3) is 0.733. The average Bonchev–Trinajstić information content (AvgIpc) is 3.27. The fourth-order valence-electron chi connectivity index (χ4n) is 3.02. The van der Waals surface area contributed by atoms with Gasteiger partial charge in [-0.25, -0.2) is 0 Å². The van der Waals surface area contributed by atoms with Crippen molar-refractivity contribution in [3.8, 4) is 0 Å². The van der Waals surface area contributed by atoms with E-state index < -0.39 is 0 Å². The van der Waals surface area contributed by atoms with E-state index in [2.05, 4.69) is 25.3 Å². The highest BCUT2D eigenvalue weighted by molar-refractivity contribution is 14.0. The first kappa shape index (κ1) is 19.9. The Kier molecular flexibility index (Phi) is 7.41. The number of hydrogen-bond acceptors (Lipinski definition) is 6. The molecule has 140 valence electrons. The van der Waals surface area contributed by atoms with Gasteiger partial charge < -0.3 is 24.4 Å². The van der Waals surface area contributed by atoms with Crippen molar-refractivity contribution in [1.29, 1.82) is 0 Å². The van der Waals surface area contributed by atoms with Gasteiger partial charge in [-0.1, -0.05) is 5.16 Å². The molecule has 2 saturated heterocycles. The van der Waals surface area contributed by atoms with E-state index in [0.29, 0.717) is 38.0 Å². The predicted molar refractivity (Wildman–Crippen MR) is 102 cm³/mol. The molecule has 0 aliphatic carbocycles. The lowest BCUT2D eigenvalue weighted by Gasteiger charge is -2.37. The summed E-state index contributed by atoms with van der Waals surface area (Å²) in [5, 5.41) is 7.09. The molecule has 0 spiro atoms. The number of guanidine groups is 1. The minimum atomic E-state index is -0.240. The molecule has 2 fully saturated rings. The lowest BCUT2D eigenvalue weighted by atomic mass is 10.2. The summed E-state index contributed by atoms with van der Waals surface area (Å²) in [6, 6.07) is 0. The van der Waals surface area contributed by atoms with Crippen molar-refractivity contribution in [2.24, 2.45) is 4.99 Å². The summed E-state index contributed by atoms with van der Waals surface area (Å²) >= 11 is 0. The summed E-state index contributed by atoms with van der Waals surface area (Å²) in [5.41, 5.74) is 0. The number of carbonyl (C=O) groups is 1. The molecule has 0 radical (unpaired) electrons. The van der Waals surface area contributed by atoms with E-state index >= 15 is 0 Å². The van der Waals surface area contributed by atoms with Crippen LogP contribution in [0.15, 0.2) is 9.52 Å². The van der Waals surface area contributed by atoms with Gasteiger partial charge in [-0.2, -0.15) is 4.98 Å². The Morgan fingerprint density at radius 1 is 1.32 bits per heavy atom. The third-order valence-electron chi connectivity index (χ3n) is 4.28. The molecule has 1 aromatic heterocycles. The number of carbonyl (C=O) groups excluding carboxylic acids is 1. The monoisotopic (exact) mass is 464 g/mol. The number of amides is 1. The number of nitrogens with one attached hydrogen (secondary N) is 1. The van der Waals surface area contributed by atoms with Crippen LogP contribution in [0.5, 0.6) is 0 Å². The molecule has 9 nitrogen and oxygen atoms in total. The third-order valence-corrected chi connectivity index (χ3v) is 4.28. The molecule has 1 amide bonds. The zero-order chi connectivity index (χ0) is 16.9. The Morgan fingerprint density at radius 3 is 2.60 bits per heavy atom. The Labute approximate surface area is 164 Å². The van der Waals surface area contributed by atoms with Gasteiger partial charge in [-0.15, -0.1) is 24.0 Å². The topological polar surface area (TPSA) is 96.1 Å². The molecule has 2 aliphatic heterocycles. The highest BCUT2D eigenvalue weighted by Crippen LogP contribution is 2.16. The fourth-order valence-corrected chi connectivity index (χ4v) is 3.02. The molecular weight excluding hydrogens is 439 g/mol. The standard InChI is InChI=1S/C15H24N6O3.HI/c1-11-18-13(19-24-11)10-17-15(16-2)21-7-5-20(6-8-21)14(22)12-4-3-9-23-12;/h12H,3-10H2,1-2H3,(H,16,17);1H. The normalized spacial score (nSPS) is 21.2. The number of nitrogens with zero attached hydrogens (tertiary/aromatic N) is 5. The van der Waals surface area contributed by atoms with Gasteiger partial charge in [0.2, 0.25) is 5.89 Å². The van der Waals surface area contributed by atoms with E-state index in [1.807, 2.05) is 4.90 Å². The number of hydrogen-bond donors (Lipinski definition) is 1. The Morgan fingerprint density at radius 2 is 2.04 bits per heavy atom. The third kappa shape index (κ3) is 5.03. The van der Waals surface area contributed by atoms with Crippen LogP contribution in [0.3, 0.4) is 0 Å². The maximum atomic E-state index is 12.4. The van der Waals surface area contributed by atoms with Gasteiger partial charge in [0.15, 0.2) is 11.8 Å². The van der Waals surface area contributed by atoms with Crippen LogP contribution in [0.1, 0.15) is 24.6 Å². The highest BCUT2D eigenvalue weighted by atomic mass is 127. The van der Waals surface area contributed by atoms with Crippen molar-refractivity contribution in [2.45, 2.75) is 32.4 Å². The van der Waals surface area contributed by atoms with Crippen LogP contribution in [-0.2, 0) is 16.1 Å². The molecule has 0 saturated carbocycles. The average molecular weight is 464 g/mol. The van der Waals surface area contributed by atoms with Crippen LogP contribution in [-0.4, -0.2) is 77.7 Å². The molecule has 3 heterocycles. The molecule has 10 heteroatoms. The summed E-state index contributed by atoms with van der Waals surface area (Å²) in [7, 11) is 1.74. The van der Waals surface area contributed by atoms with Crippen LogP contribution >= 0.6 is 24.0 Å². The van der Waals surface area contributed by atoms with Gasteiger partial charge in [0.25, 0.3) is 5.91 Å². The van der Waals surface area contributed by atoms with E-state index in [1.165, 1.54) is 0 Å². The smallest absolute Gasteiger partial charge is 0.251 e. The van der Waals surface area contributed by atoms with Crippen molar-refractivity contribution < 1.29 is 14.1 Å². The molecule has 1 atom stereocenters. The van der Waals surface area contributed by atoms with Crippen molar-refractivity contribution in [3.63, 3.8) is 0 Å². The minimum Gasteiger partial charge on any atom is -0.368 e. The first-order valence-electron chi connectivity index (χ1n) is 8.32. The number of ether oxygens (including phenoxy) is 1. The van der Waals surface area contributed by atoms with Gasteiger partial charge in [0.1, 0.15) is 6.10 Å². The van der Waals surface area contributed by atoms with E-state index in [9.17, 15) is 4.79 Å². The first-order chi connectivity index (χ1) is 11.7. The zero-order valence-electron chi connectivity index (χ0n) is 14.6. The quantitative estimate of drug-likeness (QED) is 0.393.